The first-order valence-corrected chi connectivity index (χ1v) is 12.6. The highest BCUT2D eigenvalue weighted by Gasteiger charge is 2.64. The van der Waals surface area contributed by atoms with E-state index in [1.165, 1.54) is 0 Å². The second kappa shape index (κ2) is 8.39. The van der Waals surface area contributed by atoms with Crippen LogP contribution >= 0.6 is 7.82 Å². The van der Waals surface area contributed by atoms with Crippen molar-refractivity contribution in [2.24, 2.45) is 0 Å². The minimum atomic E-state index is -3.94. The molecule has 0 amide bonds. The molecule has 3 saturated heterocycles. The molecule has 0 aromatic carbocycles. The van der Waals surface area contributed by atoms with E-state index in [0.717, 1.165) is 5.56 Å². The summed E-state index contributed by atoms with van der Waals surface area (Å²) >= 11 is 0. The molecule has 3 aliphatic heterocycles. The highest BCUT2D eigenvalue weighted by molar-refractivity contribution is 7.48. The van der Waals surface area contributed by atoms with Crippen molar-refractivity contribution in [3.05, 3.63) is 42.4 Å². The van der Waals surface area contributed by atoms with Crippen molar-refractivity contribution in [2.75, 3.05) is 24.7 Å². The highest BCUT2D eigenvalue weighted by atomic mass is 31.2. The van der Waals surface area contributed by atoms with Crippen molar-refractivity contribution < 1.29 is 37.1 Å². The molecule has 190 valence electrons. The molecule has 4 N–H and O–H groups in total. The van der Waals surface area contributed by atoms with Gasteiger partial charge in [-0.2, -0.15) is 9.97 Å². The smallest absolute Gasteiger partial charge is 0.424 e. The third-order valence-electron chi connectivity index (χ3n) is 6.46. The van der Waals surface area contributed by atoms with Gasteiger partial charge in [-0.3, -0.25) is 18.6 Å². The molecule has 1 unspecified atom stereocenters. The monoisotopic (exact) mass is 518 g/mol. The summed E-state index contributed by atoms with van der Waals surface area (Å²) < 4.78 is 48.7. The molecule has 0 radical (unpaired) electrons. The van der Waals surface area contributed by atoms with Crippen LogP contribution in [0.25, 0.3) is 11.0 Å². The van der Waals surface area contributed by atoms with Gasteiger partial charge in [-0.05, 0) is 30.7 Å². The number of carbonyl (C=O) groups excluding carboxylic acids is 1. The Morgan fingerprint density at radius 1 is 1.25 bits per heavy atom. The molecule has 6 heterocycles. The number of aromatic nitrogens is 4. The zero-order valence-corrected chi connectivity index (χ0v) is 19.9. The van der Waals surface area contributed by atoms with E-state index >= 15 is 0 Å². The summed E-state index contributed by atoms with van der Waals surface area (Å²) in [6, 6.07) is 5.25. The van der Waals surface area contributed by atoms with Gasteiger partial charge in [0.15, 0.2) is 17.9 Å². The fourth-order valence-corrected chi connectivity index (χ4v) is 6.16. The number of pyridine rings is 1. The number of hydrogen-bond acceptors (Lipinski definition) is 13. The van der Waals surface area contributed by atoms with Crippen LogP contribution in [-0.4, -0.2) is 56.7 Å². The molecule has 0 spiro atoms. The van der Waals surface area contributed by atoms with E-state index in [0.29, 0.717) is 17.5 Å². The third kappa shape index (κ3) is 3.78. The second-order valence-corrected chi connectivity index (χ2v) is 10.4. The first-order valence-electron chi connectivity index (χ1n) is 11.2. The van der Waals surface area contributed by atoms with Crippen LogP contribution in [0.2, 0.25) is 0 Å². The molecule has 0 aliphatic carbocycles. The van der Waals surface area contributed by atoms with Crippen LogP contribution in [0.5, 0.6) is 0 Å². The fraction of sp³-hybridized carbons (Fsp3) is 0.429. The van der Waals surface area contributed by atoms with Gasteiger partial charge in [-0.1, -0.05) is 0 Å². The van der Waals surface area contributed by atoms with Gasteiger partial charge in [-0.15, -0.1) is 0 Å². The predicted molar refractivity (Wildman–Crippen MR) is 122 cm³/mol. The maximum absolute atomic E-state index is 13.2. The lowest BCUT2D eigenvalue weighted by Crippen LogP contribution is -2.42. The Bertz CT molecular complexity index is 1370. The lowest BCUT2D eigenvalue weighted by molar-refractivity contribution is -0.0923. The lowest BCUT2D eigenvalue weighted by Gasteiger charge is -2.29. The van der Waals surface area contributed by atoms with E-state index in [4.69, 9.17) is 39.2 Å². The normalized spacial score (nSPS) is 33.9. The van der Waals surface area contributed by atoms with Gasteiger partial charge in [0, 0.05) is 25.0 Å². The Morgan fingerprint density at radius 3 is 2.86 bits per heavy atom. The minimum absolute atomic E-state index is 0.0207. The van der Waals surface area contributed by atoms with Gasteiger partial charge >= 0.3 is 14.0 Å². The fourth-order valence-electron chi connectivity index (χ4n) is 4.77. The maximum atomic E-state index is 13.2. The van der Waals surface area contributed by atoms with Gasteiger partial charge in [0.05, 0.1) is 24.7 Å². The minimum Gasteiger partial charge on any atom is -0.424 e. The number of fused-ring (bicyclic) bond motifs is 2. The van der Waals surface area contributed by atoms with Crippen molar-refractivity contribution >= 4 is 36.8 Å². The molecule has 0 bridgehead atoms. The number of hydrogen-bond donors (Lipinski definition) is 2. The number of nitrogen functional groups attached to an aromatic ring is 2. The van der Waals surface area contributed by atoms with Gasteiger partial charge < -0.3 is 30.2 Å². The third-order valence-corrected chi connectivity index (χ3v) is 7.93. The number of nitrogens with two attached hydrogens (primary N) is 2. The Morgan fingerprint density at radius 2 is 2.06 bits per heavy atom. The Labute approximate surface area is 204 Å². The summed E-state index contributed by atoms with van der Waals surface area (Å²) in [6.07, 6.45) is 1.46. The van der Waals surface area contributed by atoms with Crippen LogP contribution < -0.4 is 11.5 Å². The molecule has 14 nitrogen and oxygen atoms in total. The number of rotatable bonds is 5. The maximum Gasteiger partial charge on any atom is 0.509 e. The average Bonchev–Trinajstić information content (AvgIpc) is 3.47. The van der Waals surface area contributed by atoms with E-state index in [1.807, 2.05) is 0 Å². The number of ether oxygens (including phenoxy) is 3. The summed E-state index contributed by atoms with van der Waals surface area (Å²) in [4.78, 5) is 24.4. The molecule has 3 aliphatic rings. The van der Waals surface area contributed by atoms with Crippen LogP contribution in [0, 0.1) is 0 Å². The number of phosphoric ester groups is 1. The van der Waals surface area contributed by atoms with Crippen LogP contribution in [0.15, 0.2) is 36.8 Å². The molecular weight excluding hydrogens is 495 g/mol. The van der Waals surface area contributed by atoms with E-state index in [2.05, 4.69) is 15.0 Å². The van der Waals surface area contributed by atoms with Crippen LogP contribution in [0.1, 0.15) is 31.2 Å². The summed E-state index contributed by atoms with van der Waals surface area (Å²) in [7, 11) is -3.94. The Balaban J connectivity index is 1.24. The van der Waals surface area contributed by atoms with Crippen molar-refractivity contribution in [3.8, 4) is 0 Å². The topological polar surface area (TPSA) is 185 Å². The molecule has 3 aromatic rings. The largest absolute Gasteiger partial charge is 0.509 e. The van der Waals surface area contributed by atoms with Gasteiger partial charge in [0.1, 0.15) is 17.6 Å². The van der Waals surface area contributed by atoms with E-state index in [1.54, 1.807) is 48.3 Å². The molecular formula is C21H23N6O8P. The van der Waals surface area contributed by atoms with Crippen molar-refractivity contribution in [3.63, 3.8) is 0 Å². The van der Waals surface area contributed by atoms with Crippen molar-refractivity contribution in [1.82, 2.24) is 19.5 Å². The van der Waals surface area contributed by atoms with Crippen LogP contribution in [0.3, 0.4) is 0 Å². The molecule has 6 atom stereocenters. The van der Waals surface area contributed by atoms with Gasteiger partial charge in [0.2, 0.25) is 5.95 Å². The summed E-state index contributed by atoms with van der Waals surface area (Å²) in [5, 5.41) is 0.550. The SMILES string of the molecule is C[C@@]12OC(=O)O[C@@H]1[C@@H](COP1(=O)OCC[C@@H](c3ccncc3)O1)O[C@H]2n1ccc2c(N)nc(N)nc21. The zero-order valence-electron chi connectivity index (χ0n) is 19.1. The number of anilines is 2. The standard InChI is InChI=1S/C21H23N6O8P/c1-21-15(33-20(28)34-21)14(32-18(21)27-8-4-12-16(22)25-19(23)26-17(12)27)10-31-36(29)30-9-5-13(35-36)11-2-6-24-7-3-11/h2-4,6-8,13-15,18H,5,9-10H2,1H3,(H4,22,23,25,26)/t13-,14+,15+,18+,21+,36?/m0/s1. The predicted octanol–water partition coefficient (Wildman–Crippen LogP) is 2.49. The molecule has 3 aromatic heterocycles. The van der Waals surface area contributed by atoms with Gasteiger partial charge in [-0.25, -0.2) is 9.36 Å². The average molecular weight is 518 g/mol. The van der Waals surface area contributed by atoms with E-state index in [9.17, 15) is 9.36 Å². The molecule has 0 saturated carbocycles. The Hall–Kier alpha value is -3.29. The lowest BCUT2D eigenvalue weighted by atomic mass is 9.96. The van der Waals surface area contributed by atoms with E-state index in [-0.39, 0.29) is 25.0 Å². The highest BCUT2D eigenvalue weighted by Crippen LogP contribution is 2.58. The quantitative estimate of drug-likeness (QED) is 0.371. The van der Waals surface area contributed by atoms with Crippen LogP contribution in [0.4, 0.5) is 16.6 Å². The summed E-state index contributed by atoms with van der Waals surface area (Å²) in [5.74, 6) is 0.177. The Kier molecular flexibility index (Phi) is 5.39. The number of phosphoric acid groups is 1. The van der Waals surface area contributed by atoms with Crippen molar-refractivity contribution in [2.45, 2.75) is 43.5 Å². The van der Waals surface area contributed by atoms with Crippen LogP contribution in [-0.2, 0) is 32.3 Å². The van der Waals surface area contributed by atoms with Crippen molar-refractivity contribution in [1.29, 1.82) is 0 Å². The zero-order chi connectivity index (χ0) is 25.1. The second-order valence-electron chi connectivity index (χ2n) is 8.77. The molecule has 3 fully saturated rings. The first kappa shape index (κ1) is 23.1. The molecule has 6 rings (SSSR count). The summed E-state index contributed by atoms with van der Waals surface area (Å²) in [6.45, 7) is 1.59. The van der Waals surface area contributed by atoms with E-state index < -0.39 is 44.1 Å². The summed E-state index contributed by atoms with van der Waals surface area (Å²) in [5.41, 5.74) is 11.7. The molecule has 15 heteroatoms. The molecule has 36 heavy (non-hydrogen) atoms. The van der Waals surface area contributed by atoms with Gasteiger partial charge in [0.25, 0.3) is 0 Å². The first-order chi connectivity index (χ1) is 17.3. The number of carbonyl (C=O) groups is 1. The number of nitrogens with zero attached hydrogens (tertiary/aromatic N) is 4.